The molecule has 0 bridgehead atoms. The Balaban J connectivity index is 1.65. The third-order valence-electron chi connectivity index (χ3n) is 4.94. The molecular formula is C25H19BrFN3O2. The molecule has 4 aromatic rings. The molecule has 1 aromatic heterocycles. The molecule has 0 spiro atoms. The van der Waals surface area contributed by atoms with E-state index in [4.69, 9.17) is 9.47 Å². The van der Waals surface area contributed by atoms with Crippen molar-refractivity contribution in [2.75, 3.05) is 7.11 Å². The molecule has 32 heavy (non-hydrogen) atoms. The van der Waals surface area contributed by atoms with Gasteiger partial charge in [0.15, 0.2) is 11.5 Å². The summed E-state index contributed by atoms with van der Waals surface area (Å²) >= 11 is 3.53. The lowest BCUT2D eigenvalue weighted by atomic mass is 10.1. The minimum atomic E-state index is -0.329. The lowest BCUT2D eigenvalue weighted by molar-refractivity contribution is 0.279. The summed E-state index contributed by atoms with van der Waals surface area (Å²) in [5.41, 5.74) is 4.31. The number of H-pyrrole nitrogens is 1. The molecule has 3 aromatic carbocycles. The standard InChI is InChI=1S/C25H19BrFN3O2/c1-15-7-8-21-22(9-15)30-25(29-21)18(13-28)10-17-11-23(31-2)24(12-19(17)26)32-14-16-5-3-4-6-20(16)27/h3-12H,14H2,1-2H3,(H,29,30). The van der Waals surface area contributed by atoms with E-state index in [1.807, 2.05) is 25.1 Å². The van der Waals surface area contributed by atoms with Crippen LogP contribution in [-0.4, -0.2) is 17.1 Å². The van der Waals surface area contributed by atoms with Crippen molar-refractivity contribution in [1.29, 1.82) is 5.26 Å². The number of aromatic amines is 1. The number of ether oxygens (including phenoxy) is 2. The smallest absolute Gasteiger partial charge is 0.162 e. The molecule has 0 saturated carbocycles. The zero-order valence-corrected chi connectivity index (χ0v) is 19.0. The van der Waals surface area contributed by atoms with Gasteiger partial charge < -0.3 is 14.5 Å². The molecule has 0 fully saturated rings. The van der Waals surface area contributed by atoms with E-state index in [9.17, 15) is 9.65 Å². The second kappa shape index (κ2) is 9.25. The minimum absolute atomic E-state index is 0.0620. The molecule has 0 saturated heterocycles. The van der Waals surface area contributed by atoms with Crippen molar-refractivity contribution in [3.05, 3.63) is 87.4 Å². The van der Waals surface area contributed by atoms with Crippen molar-refractivity contribution in [2.24, 2.45) is 0 Å². The number of nitriles is 1. The second-order valence-electron chi connectivity index (χ2n) is 7.18. The van der Waals surface area contributed by atoms with Crippen LogP contribution < -0.4 is 9.47 Å². The summed E-state index contributed by atoms with van der Waals surface area (Å²) in [4.78, 5) is 7.73. The molecule has 0 aliphatic heterocycles. The van der Waals surface area contributed by atoms with Gasteiger partial charge in [0.05, 0.1) is 23.7 Å². The third-order valence-corrected chi connectivity index (χ3v) is 5.62. The first-order chi connectivity index (χ1) is 15.5. The van der Waals surface area contributed by atoms with Gasteiger partial charge in [-0.3, -0.25) is 0 Å². The summed E-state index contributed by atoms with van der Waals surface area (Å²) in [6.45, 7) is 2.06. The highest BCUT2D eigenvalue weighted by atomic mass is 79.9. The fourth-order valence-corrected chi connectivity index (χ4v) is 3.70. The van der Waals surface area contributed by atoms with Crippen LogP contribution >= 0.6 is 15.9 Å². The molecule has 7 heteroatoms. The number of fused-ring (bicyclic) bond motifs is 1. The van der Waals surface area contributed by atoms with Crippen molar-refractivity contribution in [3.63, 3.8) is 0 Å². The summed E-state index contributed by atoms with van der Waals surface area (Å²) in [6.07, 6.45) is 1.72. The molecule has 0 aliphatic carbocycles. The first-order valence-electron chi connectivity index (χ1n) is 9.80. The summed E-state index contributed by atoms with van der Waals surface area (Å²) < 4.78 is 25.9. The SMILES string of the molecule is COc1cc(C=C(C#N)c2nc3ccc(C)cc3[nH]2)c(Br)cc1OCc1ccccc1F. The van der Waals surface area contributed by atoms with E-state index in [1.54, 1.807) is 36.4 Å². The molecular weight excluding hydrogens is 473 g/mol. The number of halogens is 2. The zero-order valence-electron chi connectivity index (χ0n) is 17.4. The van der Waals surface area contributed by atoms with Gasteiger partial charge in [0.1, 0.15) is 24.3 Å². The van der Waals surface area contributed by atoms with E-state index in [-0.39, 0.29) is 12.4 Å². The van der Waals surface area contributed by atoms with Crippen molar-refractivity contribution in [1.82, 2.24) is 9.97 Å². The molecule has 0 radical (unpaired) electrons. The maximum Gasteiger partial charge on any atom is 0.162 e. The number of nitrogens with zero attached hydrogens (tertiary/aromatic N) is 2. The lowest BCUT2D eigenvalue weighted by Crippen LogP contribution is -2.00. The molecule has 5 nitrogen and oxygen atoms in total. The highest BCUT2D eigenvalue weighted by molar-refractivity contribution is 9.10. The van der Waals surface area contributed by atoms with Gasteiger partial charge in [-0.15, -0.1) is 0 Å². The zero-order chi connectivity index (χ0) is 22.7. The fourth-order valence-electron chi connectivity index (χ4n) is 3.26. The Labute approximate surface area is 193 Å². The van der Waals surface area contributed by atoms with E-state index in [2.05, 4.69) is 32.0 Å². The Kier molecular flexibility index (Phi) is 6.24. The molecule has 0 amide bonds. The Hall–Kier alpha value is -3.63. The van der Waals surface area contributed by atoms with E-state index in [0.29, 0.717) is 38.5 Å². The number of aromatic nitrogens is 2. The van der Waals surface area contributed by atoms with Gasteiger partial charge in [-0.25, -0.2) is 9.37 Å². The fraction of sp³-hybridized carbons (Fsp3) is 0.120. The quantitative estimate of drug-likeness (QED) is 0.315. The van der Waals surface area contributed by atoms with Crippen LogP contribution in [0.25, 0.3) is 22.7 Å². The lowest BCUT2D eigenvalue weighted by Gasteiger charge is -2.13. The van der Waals surface area contributed by atoms with E-state index in [1.165, 1.54) is 13.2 Å². The number of hydrogen-bond donors (Lipinski definition) is 1. The van der Waals surface area contributed by atoms with Crippen molar-refractivity contribution >= 4 is 38.6 Å². The molecule has 160 valence electrons. The Morgan fingerprint density at radius 3 is 2.75 bits per heavy atom. The summed E-state index contributed by atoms with van der Waals surface area (Å²) in [6, 6.07) is 18.0. The van der Waals surface area contributed by atoms with Crippen LogP contribution in [-0.2, 0) is 6.61 Å². The third kappa shape index (κ3) is 4.51. The average molecular weight is 492 g/mol. The number of benzene rings is 3. The maximum absolute atomic E-state index is 13.9. The van der Waals surface area contributed by atoms with E-state index < -0.39 is 0 Å². The largest absolute Gasteiger partial charge is 0.493 e. The van der Waals surface area contributed by atoms with Crippen LogP contribution in [0.5, 0.6) is 11.5 Å². The number of allylic oxidation sites excluding steroid dienone is 1. The molecule has 0 unspecified atom stereocenters. The number of nitrogens with one attached hydrogen (secondary N) is 1. The second-order valence-corrected chi connectivity index (χ2v) is 8.03. The number of methoxy groups -OCH3 is 1. The Bertz CT molecular complexity index is 1370. The molecule has 1 N–H and O–H groups in total. The van der Waals surface area contributed by atoms with Crippen LogP contribution in [0.3, 0.4) is 0 Å². The van der Waals surface area contributed by atoms with Gasteiger partial charge in [-0.05, 0) is 54.5 Å². The van der Waals surface area contributed by atoms with Crippen LogP contribution in [0.15, 0.2) is 59.1 Å². The number of imidazole rings is 1. The van der Waals surface area contributed by atoms with Gasteiger partial charge in [0.2, 0.25) is 0 Å². The topological polar surface area (TPSA) is 70.9 Å². The van der Waals surface area contributed by atoms with E-state index >= 15 is 0 Å². The van der Waals surface area contributed by atoms with Gasteiger partial charge in [-0.1, -0.05) is 40.2 Å². The Morgan fingerprint density at radius 1 is 1.19 bits per heavy atom. The molecule has 0 atom stereocenters. The van der Waals surface area contributed by atoms with Crippen LogP contribution in [0, 0.1) is 24.1 Å². The van der Waals surface area contributed by atoms with E-state index in [0.717, 1.165) is 16.6 Å². The summed E-state index contributed by atoms with van der Waals surface area (Å²) in [5.74, 6) is 1.08. The maximum atomic E-state index is 13.9. The molecule has 1 heterocycles. The van der Waals surface area contributed by atoms with Crippen LogP contribution in [0.4, 0.5) is 4.39 Å². The number of rotatable bonds is 6. The average Bonchev–Trinajstić information content (AvgIpc) is 3.20. The van der Waals surface area contributed by atoms with Crippen molar-refractivity contribution < 1.29 is 13.9 Å². The van der Waals surface area contributed by atoms with Crippen molar-refractivity contribution in [3.8, 4) is 17.6 Å². The van der Waals surface area contributed by atoms with Gasteiger partial charge in [-0.2, -0.15) is 5.26 Å². The summed E-state index contributed by atoms with van der Waals surface area (Å²) in [7, 11) is 1.53. The summed E-state index contributed by atoms with van der Waals surface area (Å²) in [5, 5.41) is 9.74. The van der Waals surface area contributed by atoms with Gasteiger partial charge in [0.25, 0.3) is 0 Å². The highest BCUT2D eigenvalue weighted by Crippen LogP contribution is 2.36. The van der Waals surface area contributed by atoms with Crippen LogP contribution in [0.1, 0.15) is 22.5 Å². The number of aryl methyl sites for hydroxylation is 1. The normalized spacial score (nSPS) is 11.4. The van der Waals surface area contributed by atoms with Gasteiger partial charge in [0, 0.05) is 10.0 Å². The minimum Gasteiger partial charge on any atom is -0.493 e. The monoisotopic (exact) mass is 491 g/mol. The first-order valence-corrected chi connectivity index (χ1v) is 10.6. The van der Waals surface area contributed by atoms with Gasteiger partial charge >= 0.3 is 0 Å². The number of hydrogen-bond acceptors (Lipinski definition) is 4. The van der Waals surface area contributed by atoms with Crippen molar-refractivity contribution in [2.45, 2.75) is 13.5 Å². The highest BCUT2D eigenvalue weighted by Gasteiger charge is 2.14. The predicted octanol–water partition coefficient (Wildman–Crippen LogP) is 6.42. The molecule has 0 aliphatic rings. The predicted molar refractivity (Wildman–Crippen MR) is 126 cm³/mol. The molecule has 4 rings (SSSR count). The Morgan fingerprint density at radius 2 is 2.00 bits per heavy atom. The van der Waals surface area contributed by atoms with Crippen LogP contribution in [0.2, 0.25) is 0 Å². The first kappa shape index (κ1) is 21.6.